The normalized spacial score (nSPS) is 11.1. The van der Waals surface area contributed by atoms with Gasteiger partial charge in [-0.25, -0.2) is 0 Å². The van der Waals surface area contributed by atoms with Gasteiger partial charge in [-0.3, -0.25) is 4.79 Å². The van der Waals surface area contributed by atoms with E-state index >= 15 is 0 Å². The molecular formula is C21H42O8. The molecule has 0 radical (unpaired) electrons. The Bertz CT molecular complexity index is 328. The maximum atomic E-state index is 11.1. The molecule has 0 aliphatic carbocycles. The van der Waals surface area contributed by atoms with Gasteiger partial charge < -0.3 is 33.2 Å². The Kier molecular flexibility index (Phi) is 24.6. The van der Waals surface area contributed by atoms with Crippen molar-refractivity contribution in [2.75, 3.05) is 85.9 Å². The van der Waals surface area contributed by atoms with Crippen LogP contribution in [0.4, 0.5) is 0 Å². The third kappa shape index (κ3) is 25.2. The van der Waals surface area contributed by atoms with E-state index in [2.05, 4.69) is 6.92 Å². The Morgan fingerprint density at radius 2 is 0.931 bits per heavy atom. The number of hydrogen-bond donors (Lipinski definition) is 0. The summed E-state index contributed by atoms with van der Waals surface area (Å²) in [5.41, 5.74) is 0. The van der Waals surface area contributed by atoms with Gasteiger partial charge in [-0.2, -0.15) is 0 Å². The molecule has 0 aromatic heterocycles. The predicted molar refractivity (Wildman–Crippen MR) is 110 cm³/mol. The van der Waals surface area contributed by atoms with E-state index in [0.29, 0.717) is 79.3 Å². The van der Waals surface area contributed by atoms with Crippen molar-refractivity contribution in [3.63, 3.8) is 0 Å². The van der Waals surface area contributed by atoms with Crippen LogP contribution in [-0.4, -0.2) is 91.9 Å². The molecule has 8 nitrogen and oxygen atoms in total. The van der Waals surface area contributed by atoms with Crippen LogP contribution in [0, 0.1) is 0 Å². The van der Waals surface area contributed by atoms with Gasteiger partial charge >= 0.3 is 5.97 Å². The SMILES string of the molecule is CCCCCCOCCOCCOCCOCCOCCOCCC(=O)OCC. The second-order valence-electron chi connectivity index (χ2n) is 6.29. The monoisotopic (exact) mass is 422 g/mol. The van der Waals surface area contributed by atoms with Gasteiger partial charge in [0.1, 0.15) is 0 Å². The molecule has 29 heavy (non-hydrogen) atoms. The van der Waals surface area contributed by atoms with Gasteiger partial charge in [0, 0.05) is 6.61 Å². The standard InChI is InChI=1S/C21H42O8/c1-3-5-6-7-9-23-11-13-25-15-17-27-19-20-28-18-16-26-14-12-24-10-8-21(22)29-4-2/h3-20H2,1-2H3. The van der Waals surface area contributed by atoms with E-state index in [1.54, 1.807) is 6.92 Å². The average Bonchev–Trinajstić information content (AvgIpc) is 2.72. The van der Waals surface area contributed by atoms with Crippen LogP contribution in [0.2, 0.25) is 0 Å². The van der Waals surface area contributed by atoms with Gasteiger partial charge in [0.05, 0.1) is 85.7 Å². The van der Waals surface area contributed by atoms with Gasteiger partial charge in [0.2, 0.25) is 0 Å². The molecule has 8 heteroatoms. The molecule has 0 saturated heterocycles. The first-order valence-corrected chi connectivity index (χ1v) is 10.9. The number of hydrogen-bond acceptors (Lipinski definition) is 8. The summed E-state index contributed by atoms with van der Waals surface area (Å²) in [6.07, 6.45) is 5.18. The molecule has 0 amide bonds. The largest absolute Gasteiger partial charge is 0.466 e. The Labute approximate surface area is 176 Å². The van der Waals surface area contributed by atoms with Crippen molar-refractivity contribution in [1.29, 1.82) is 0 Å². The van der Waals surface area contributed by atoms with Crippen LogP contribution < -0.4 is 0 Å². The van der Waals surface area contributed by atoms with Crippen molar-refractivity contribution < 1.29 is 38.0 Å². The first-order valence-electron chi connectivity index (χ1n) is 10.9. The molecule has 0 unspecified atom stereocenters. The van der Waals surface area contributed by atoms with Gasteiger partial charge in [0.25, 0.3) is 0 Å². The third-order valence-electron chi connectivity index (χ3n) is 3.76. The number of rotatable bonds is 24. The summed E-state index contributed by atoms with van der Waals surface area (Å²) in [6, 6.07) is 0. The molecule has 0 heterocycles. The first-order chi connectivity index (χ1) is 14.3. The van der Waals surface area contributed by atoms with E-state index in [9.17, 15) is 4.79 Å². The topological polar surface area (TPSA) is 81.7 Å². The quantitative estimate of drug-likeness (QED) is 0.173. The van der Waals surface area contributed by atoms with Crippen molar-refractivity contribution in [2.45, 2.75) is 46.0 Å². The van der Waals surface area contributed by atoms with Crippen LogP contribution in [0.15, 0.2) is 0 Å². The molecule has 0 aliphatic rings. The van der Waals surface area contributed by atoms with Gasteiger partial charge in [0.15, 0.2) is 0 Å². The zero-order valence-electron chi connectivity index (χ0n) is 18.5. The van der Waals surface area contributed by atoms with E-state index in [1.165, 1.54) is 19.3 Å². The lowest BCUT2D eigenvalue weighted by Gasteiger charge is -2.08. The van der Waals surface area contributed by atoms with Crippen molar-refractivity contribution >= 4 is 5.97 Å². The van der Waals surface area contributed by atoms with E-state index in [4.69, 9.17) is 33.2 Å². The second kappa shape index (κ2) is 25.3. The lowest BCUT2D eigenvalue weighted by Crippen LogP contribution is -2.14. The maximum absolute atomic E-state index is 11.1. The number of ether oxygens (including phenoxy) is 7. The van der Waals surface area contributed by atoms with Crippen LogP contribution in [0.3, 0.4) is 0 Å². The predicted octanol–water partition coefficient (Wildman–Crippen LogP) is 2.62. The number of carbonyl (C=O) groups is 1. The summed E-state index contributed by atoms with van der Waals surface area (Å²) in [7, 11) is 0. The number of esters is 1. The maximum Gasteiger partial charge on any atom is 0.308 e. The summed E-state index contributed by atoms with van der Waals surface area (Å²) in [5, 5.41) is 0. The van der Waals surface area contributed by atoms with E-state index < -0.39 is 0 Å². The Morgan fingerprint density at radius 3 is 1.34 bits per heavy atom. The minimum atomic E-state index is -0.238. The molecular weight excluding hydrogens is 380 g/mol. The first kappa shape index (κ1) is 28.2. The highest BCUT2D eigenvalue weighted by Gasteiger charge is 2.00. The lowest BCUT2D eigenvalue weighted by molar-refractivity contribution is -0.144. The Hall–Kier alpha value is -0.770. The number of unbranched alkanes of at least 4 members (excludes halogenated alkanes) is 3. The van der Waals surface area contributed by atoms with Crippen LogP contribution >= 0.6 is 0 Å². The van der Waals surface area contributed by atoms with E-state index in [1.807, 2.05) is 0 Å². The molecule has 0 spiro atoms. The zero-order chi connectivity index (χ0) is 21.3. The van der Waals surface area contributed by atoms with E-state index in [0.717, 1.165) is 13.0 Å². The van der Waals surface area contributed by atoms with Crippen molar-refractivity contribution in [1.82, 2.24) is 0 Å². The van der Waals surface area contributed by atoms with Crippen molar-refractivity contribution in [3.8, 4) is 0 Å². The molecule has 0 aliphatic heterocycles. The molecule has 0 rings (SSSR count). The third-order valence-corrected chi connectivity index (χ3v) is 3.76. The highest BCUT2D eigenvalue weighted by Crippen LogP contribution is 1.98. The van der Waals surface area contributed by atoms with Crippen LogP contribution in [-0.2, 0) is 38.0 Å². The molecule has 0 bridgehead atoms. The van der Waals surface area contributed by atoms with Crippen molar-refractivity contribution in [2.24, 2.45) is 0 Å². The number of carbonyl (C=O) groups excluding carboxylic acids is 1. The Morgan fingerprint density at radius 1 is 0.517 bits per heavy atom. The van der Waals surface area contributed by atoms with Gasteiger partial charge in [-0.05, 0) is 13.3 Å². The highest BCUT2D eigenvalue weighted by molar-refractivity contribution is 5.69. The van der Waals surface area contributed by atoms with Crippen LogP contribution in [0.5, 0.6) is 0 Å². The fourth-order valence-corrected chi connectivity index (χ4v) is 2.22. The molecule has 0 atom stereocenters. The average molecular weight is 423 g/mol. The molecule has 0 aromatic rings. The second-order valence-corrected chi connectivity index (χ2v) is 6.29. The summed E-state index contributed by atoms with van der Waals surface area (Å²) < 4.78 is 37.2. The molecule has 0 N–H and O–H groups in total. The minimum Gasteiger partial charge on any atom is -0.466 e. The summed E-state index contributed by atoms with van der Waals surface area (Å²) >= 11 is 0. The van der Waals surface area contributed by atoms with Crippen molar-refractivity contribution in [3.05, 3.63) is 0 Å². The molecule has 0 saturated carbocycles. The highest BCUT2D eigenvalue weighted by atomic mass is 16.6. The molecule has 0 aromatic carbocycles. The minimum absolute atomic E-state index is 0.238. The van der Waals surface area contributed by atoms with Crippen LogP contribution in [0.25, 0.3) is 0 Å². The van der Waals surface area contributed by atoms with Gasteiger partial charge in [-0.15, -0.1) is 0 Å². The Balaban J connectivity index is 3.02. The van der Waals surface area contributed by atoms with E-state index in [-0.39, 0.29) is 12.4 Å². The molecule has 0 fully saturated rings. The van der Waals surface area contributed by atoms with Crippen LogP contribution in [0.1, 0.15) is 46.0 Å². The fraction of sp³-hybridized carbons (Fsp3) is 0.952. The summed E-state index contributed by atoms with van der Waals surface area (Å²) in [4.78, 5) is 11.1. The summed E-state index contributed by atoms with van der Waals surface area (Å²) in [6.45, 7) is 10.9. The zero-order valence-corrected chi connectivity index (χ0v) is 18.5. The lowest BCUT2D eigenvalue weighted by atomic mass is 10.2. The summed E-state index contributed by atoms with van der Waals surface area (Å²) in [5.74, 6) is -0.238. The smallest absolute Gasteiger partial charge is 0.308 e. The van der Waals surface area contributed by atoms with Gasteiger partial charge in [-0.1, -0.05) is 26.2 Å². The molecule has 174 valence electrons. The fourth-order valence-electron chi connectivity index (χ4n) is 2.22.